The lowest BCUT2D eigenvalue weighted by Crippen LogP contribution is -2.41. The fraction of sp³-hybridized carbons (Fsp3) is 0.500. The highest BCUT2D eigenvalue weighted by molar-refractivity contribution is 6.30. The van der Waals surface area contributed by atoms with Crippen LogP contribution in [0.2, 0.25) is 5.02 Å². The highest BCUT2D eigenvalue weighted by Crippen LogP contribution is 2.48. The molecule has 1 unspecified atom stereocenters. The third-order valence-corrected chi connectivity index (χ3v) is 6.26. The minimum absolute atomic E-state index is 0.166. The molecule has 0 radical (unpaired) electrons. The Labute approximate surface area is 190 Å². The molecule has 1 saturated carbocycles. The Morgan fingerprint density at radius 2 is 2.16 bits per heavy atom. The van der Waals surface area contributed by atoms with E-state index in [0.717, 1.165) is 55.1 Å². The minimum atomic E-state index is 0.166. The predicted octanol–water partition coefficient (Wildman–Crippen LogP) is 3.75. The molecule has 1 aromatic heterocycles. The Balaban J connectivity index is 1.35. The summed E-state index contributed by atoms with van der Waals surface area (Å²) in [5, 5.41) is 7.69. The van der Waals surface area contributed by atoms with Gasteiger partial charge in [-0.2, -0.15) is 0 Å². The minimum Gasteiger partial charge on any atom is -0.375 e. The van der Waals surface area contributed by atoms with Gasteiger partial charge in [0.25, 0.3) is 0 Å². The third-order valence-electron chi connectivity index (χ3n) is 6.02. The average Bonchev–Trinajstić information content (AvgIpc) is 3.57. The fourth-order valence-corrected chi connectivity index (χ4v) is 4.22. The standard InChI is InChI=1S/C24H32ClN5O/c1-3-26-23(29-17-24(9-10-24)20-5-4-6-21(25)13-20)28-15-19-7-8-22(27-14-19)30-11-12-31-18(2)16-30/h4-8,13-14,18H,3,9-12,15-17H2,1-2H3,(H2,26,28,29). The molecule has 4 rings (SSSR count). The van der Waals surface area contributed by atoms with Crippen LogP contribution in [0.3, 0.4) is 0 Å². The number of ether oxygens (including phenoxy) is 1. The van der Waals surface area contributed by atoms with Gasteiger partial charge in [-0.15, -0.1) is 0 Å². The van der Waals surface area contributed by atoms with Gasteiger partial charge in [0, 0.05) is 42.8 Å². The van der Waals surface area contributed by atoms with Crippen LogP contribution in [0.15, 0.2) is 47.6 Å². The van der Waals surface area contributed by atoms with Gasteiger partial charge in [0.05, 0.1) is 19.3 Å². The summed E-state index contributed by atoms with van der Waals surface area (Å²) >= 11 is 6.20. The Kier molecular flexibility index (Phi) is 6.98. The van der Waals surface area contributed by atoms with Crippen LogP contribution in [0.25, 0.3) is 0 Å². The van der Waals surface area contributed by atoms with Gasteiger partial charge in [0.15, 0.2) is 5.96 Å². The second kappa shape index (κ2) is 9.88. The number of rotatable bonds is 7. The summed E-state index contributed by atoms with van der Waals surface area (Å²) in [7, 11) is 0. The first kappa shape index (κ1) is 21.9. The summed E-state index contributed by atoms with van der Waals surface area (Å²) in [5.41, 5.74) is 2.57. The molecular formula is C24H32ClN5O. The third kappa shape index (κ3) is 5.69. The van der Waals surface area contributed by atoms with E-state index in [1.54, 1.807) is 0 Å². The molecule has 2 N–H and O–H groups in total. The molecule has 0 spiro atoms. The van der Waals surface area contributed by atoms with E-state index < -0.39 is 0 Å². The summed E-state index contributed by atoms with van der Waals surface area (Å²) in [5.74, 6) is 1.84. The molecule has 1 aliphatic carbocycles. The van der Waals surface area contributed by atoms with Crippen molar-refractivity contribution in [1.29, 1.82) is 0 Å². The number of aliphatic imine (C=N–C) groups is 1. The summed E-state index contributed by atoms with van der Waals surface area (Å²) in [6.45, 7) is 8.97. The number of morpholine rings is 1. The van der Waals surface area contributed by atoms with Crippen LogP contribution in [0.4, 0.5) is 5.82 Å². The lowest BCUT2D eigenvalue weighted by Gasteiger charge is -2.32. The Bertz CT molecular complexity index is 897. The first-order valence-electron chi connectivity index (χ1n) is 11.2. The molecule has 1 saturated heterocycles. The molecule has 1 aliphatic heterocycles. The van der Waals surface area contributed by atoms with Gasteiger partial charge in [-0.25, -0.2) is 9.98 Å². The topological polar surface area (TPSA) is 61.8 Å². The van der Waals surface area contributed by atoms with Crippen LogP contribution in [0, 0.1) is 0 Å². The zero-order valence-electron chi connectivity index (χ0n) is 18.4. The van der Waals surface area contributed by atoms with Crippen LogP contribution >= 0.6 is 11.6 Å². The van der Waals surface area contributed by atoms with Gasteiger partial charge >= 0.3 is 0 Å². The number of anilines is 1. The van der Waals surface area contributed by atoms with Crippen molar-refractivity contribution in [3.8, 4) is 0 Å². The van der Waals surface area contributed by atoms with E-state index in [1.807, 2.05) is 18.3 Å². The Morgan fingerprint density at radius 3 is 2.84 bits per heavy atom. The van der Waals surface area contributed by atoms with Crippen molar-refractivity contribution in [1.82, 2.24) is 15.6 Å². The number of guanidine groups is 1. The van der Waals surface area contributed by atoms with E-state index in [2.05, 4.69) is 58.6 Å². The molecule has 1 aromatic carbocycles. The van der Waals surface area contributed by atoms with Crippen molar-refractivity contribution in [2.24, 2.45) is 4.99 Å². The van der Waals surface area contributed by atoms with Crippen LogP contribution in [0.5, 0.6) is 0 Å². The summed E-state index contributed by atoms with van der Waals surface area (Å²) in [6.07, 6.45) is 4.52. The first-order chi connectivity index (χ1) is 15.1. The van der Waals surface area contributed by atoms with Gasteiger partial charge in [-0.1, -0.05) is 29.8 Å². The van der Waals surface area contributed by atoms with Crippen LogP contribution < -0.4 is 15.5 Å². The number of benzene rings is 1. The summed E-state index contributed by atoms with van der Waals surface area (Å²) < 4.78 is 5.62. The van der Waals surface area contributed by atoms with E-state index in [1.165, 1.54) is 18.4 Å². The molecular weight excluding hydrogens is 410 g/mol. The van der Waals surface area contributed by atoms with E-state index in [9.17, 15) is 0 Å². The van der Waals surface area contributed by atoms with Crippen molar-refractivity contribution < 1.29 is 4.74 Å². The van der Waals surface area contributed by atoms with Gasteiger partial charge in [-0.3, -0.25) is 0 Å². The second-order valence-corrected chi connectivity index (χ2v) is 8.93. The molecule has 0 amide bonds. The van der Waals surface area contributed by atoms with E-state index in [4.69, 9.17) is 21.3 Å². The molecule has 166 valence electrons. The van der Waals surface area contributed by atoms with E-state index >= 15 is 0 Å². The molecule has 6 nitrogen and oxygen atoms in total. The maximum absolute atomic E-state index is 6.20. The second-order valence-electron chi connectivity index (χ2n) is 8.49. The maximum Gasteiger partial charge on any atom is 0.191 e. The smallest absolute Gasteiger partial charge is 0.191 e. The van der Waals surface area contributed by atoms with Gasteiger partial charge in [-0.05, 0) is 56.0 Å². The van der Waals surface area contributed by atoms with Crippen LogP contribution in [-0.2, 0) is 16.7 Å². The summed E-state index contributed by atoms with van der Waals surface area (Å²) in [4.78, 5) is 11.7. The van der Waals surface area contributed by atoms with Crippen molar-refractivity contribution >= 4 is 23.4 Å². The number of halogens is 1. The molecule has 2 aromatic rings. The highest BCUT2D eigenvalue weighted by Gasteiger charge is 2.44. The van der Waals surface area contributed by atoms with Crippen molar-refractivity contribution in [2.45, 2.75) is 44.8 Å². The zero-order chi connectivity index (χ0) is 21.7. The molecule has 31 heavy (non-hydrogen) atoms. The van der Waals surface area contributed by atoms with Crippen molar-refractivity contribution in [3.05, 3.63) is 58.7 Å². The normalized spacial score (nSPS) is 20.4. The highest BCUT2D eigenvalue weighted by atomic mass is 35.5. The average molecular weight is 442 g/mol. The number of aromatic nitrogens is 1. The monoisotopic (exact) mass is 441 g/mol. The van der Waals surface area contributed by atoms with Crippen LogP contribution in [0.1, 0.15) is 37.8 Å². The van der Waals surface area contributed by atoms with Gasteiger partial charge in [0.2, 0.25) is 0 Å². The van der Waals surface area contributed by atoms with Crippen molar-refractivity contribution in [3.63, 3.8) is 0 Å². The van der Waals surface area contributed by atoms with E-state index in [0.29, 0.717) is 6.54 Å². The predicted molar refractivity (Wildman–Crippen MR) is 127 cm³/mol. The molecule has 2 fully saturated rings. The SMILES string of the molecule is CCNC(=NCc1ccc(N2CCOC(C)C2)nc1)NCC1(c2cccc(Cl)c2)CC1. The van der Waals surface area contributed by atoms with Crippen LogP contribution in [-0.4, -0.2) is 49.8 Å². The van der Waals surface area contributed by atoms with Gasteiger partial charge < -0.3 is 20.3 Å². The number of pyridine rings is 1. The number of hydrogen-bond acceptors (Lipinski definition) is 4. The number of hydrogen-bond donors (Lipinski definition) is 2. The summed E-state index contributed by atoms with van der Waals surface area (Å²) in [6, 6.07) is 12.4. The lowest BCUT2D eigenvalue weighted by atomic mass is 9.96. The quantitative estimate of drug-likeness (QED) is 0.506. The molecule has 1 atom stereocenters. The molecule has 7 heteroatoms. The zero-order valence-corrected chi connectivity index (χ0v) is 19.2. The lowest BCUT2D eigenvalue weighted by molar-refractivity contribution is 0.0529. The van der Waals surface area contributed by atoms with E-state index in [-0.39, 0.29) is 11.5 Å². The van der Waals surface area contributed by atoms with Gasteiger partial charge in [0.1, 0.15) is 5.82 Å². The number of nitrogens with one attached hydrogen (secondary N) is 2. The largest absolute Gasteiger partial charge is 0.375 e. The number of nitrogens with zero attached hydrogens (tertiary/aromatic N) is 3. The Morgan fingerprint density at radius 1 is 1.29 bits per heavy atom. The van der Waals surface area contributed by atoms with Crippen molar-refractivity contribution in [2.75, 3.05) is 37.7 Å². The Hall–Kier alpha value is -2.31. The molecule has 2 heterocycles. The molecule has 0 bridgehead atoms. The molecule has 2 aliphatic rings. The first-order valence-corrected chi connectivity index (χ1v) is 11.6. The fourth-order valence-electron chi connectivity index (χ4n) is 4.03. The maximum atomic E-state index is 6.20.